The fourth-order valence-electron chi connectivity index (χ4n) is 2.36. The largest absolute Gasteiger partial charge is 0.345 e. The highest BCUT2D eigenvalue weighted by molar-refractivity contribution is 6.07. The molecule has 0 saturated carbocycles. The number of fused-ring (bicyclic) bond motifs is 1. The number of hydrogen-bond acceptors (Lipinski definition) is 2. The lowest BCUT2D eigenvalue weighted by atomic mass is 10.1. The van der Waals surface area contributed by atoms with Crippen LogP contribution in [0.1, 0.15) is 15.9 Å². The molecule has 1 N–H and O–H groups in total. The van der Waals surface area contributed by atoms with Crippen LogP contribution in [0.25, 0.3) is 11.0 Å². The van der Waals surface area contributed by atoms with E-state index in [1.807, 2.05) is 6.92 Å². The highest BCUT2D eigenvalue weighted by Gasteiger charge is 2.17. The fraction of sp³-hybridized carbons (Fsp3) is 0.125. The second-order valence-electron chi connectivity index (χ2n) is 5.05. The summed E-state index contributed by atoms with van der Waals surface area (Å²) in [5, 5.41) is 0. The Morgan fingerprint density at radius 3 is 2.68 bits per heavy atom. The number of amides is 1. The Balaban J connectivity index is 1.98. The smallest absolute Gasteiger partial charge is 0.258 e. The SMILES string of the molecule is Cc1cc(C(=O)N(C)c2ccc(F)c(F)c2)cc2[nH]cnc12. The first kappa shape index (κ1) is 14.2. The Morgan fingerprint density at radius 1 is 1.18 bits per heavy atom. The molecule has 22 heavy (non-hydrogen) atoms. The zero-order valence-electron chi connectivity index (χ0n) is 12.0. The summed E-state index contributed by atoms with van der Waals surface area (Å²) in [4.78, 5) is 20.9. The van der Waals surface area contributed by atoms with Gasteiger partial charge in [-0.1, -0.05) is 0 Å². The summed E-state index contributed by atoms with van der Waals surface area (Å²) in [6, 6.07) is 6.76. The first-order valence-electron chi connectivity index (χ1n) is 6.64. The summed E-state index contributed by atoms with van der Waals surface area (Å²) in [5.74, 6) is -2.25. The molecular formula is C16H13F2N3O. The molecule has 2 aromatic carbocycles. The topological polar surface area (TPSA) is 49.0 Å². The van der Waals surface area contributed by atoms with Gasteiger partial charge in [-0.05, 0) is 36.8 Å². The van der Waals surface area contributed by atoms with Gasteiger partial charge < -0.3 is 9.88 Å². The maximum atomic E-state index is 13.3. The van der Waals surface area contributed by atoms with E-state index in [-0.39, 0.29) is 11.6 Å². The van der Waals surface area contributed by atoms with Crippen LogP contribution in [-0.2, 0) is 0 Å². The van der Waals surface area contributed by atoms with Crippen molar-refractivity contribution in [3.05, 3.63) is 59.4 Å². The van der Waals surface area contributed by atoms with E-state index in [1.54, 1.807) is 18.5 Å². The van der Waals surface area contributed by atoms with Crippen LogP contribution >= 0.6 is 0 Å². The van der Waals surface area contributed by atoms with E-state index in [0.29, 0.717) is 5.56 Å². The average Bonchev–Trinajstić information content (AvgIpc) is 2.97. The number of imidazole rings is 1. The molecule has 0 atom stereocenters. The third kappa shape index (κ3) is 2.32. The molecule has 112 valence electrons. The van der Waals surface area contributed by atoms with E-state index < -0.39 is 11.6 Å². The fourth-order valence-corrected chi connectivity index (χ4v) is 2.36. The minimum atomic E-state index is -0.989. The van der Waals surface area contributed by atoms with E-state index in [0.717, 1.165) is 28.7 Å². The molecule has 0 aliphatic heterocycles. The minimum Gasteiger partial charge on any atom is -0.345 e. The van der Waals surface area contributed by atoms with E-state index in [4.69, 9.17) is 0 Å². The molecular weight excluding hydrogens is 288 g/mol. The number of H-pyrrole nitrogens is 1. The summed E-state index contributed by atoms with van der Waals surface area (Å²) in [6.45, 7) is 1.86. The lowest BCUT2D eigenvalue weighted by Crippen LogP contribution is -2.26. The molecule has 0 radical (unpaired) electrons. The van der Waals surface area contributed by atoms with Gasteiger partial charge in [0.05, 0.1) is 17.4 Å². The first-order chi connectivity index (χ1) is 10.5. The van der Waals surface area contributed by atoms with Crippen LogP contribution in [0.2, 0.25) is 0 Å². The van der Waals surface area contributed by atoms with Crippen LogP contribution < -0.4 is 4.90 Å². The van der Waals surface area contributed by atoms with Gasteiger partial charge in [-0.2, -0.15) is 0 Å². The van der Waals surface area contributed by atoms with Crippen LogP contribution in [0, 0.1) is 18.6 Å². The van der Waals surface area contributed by atoms with Gasteiger partial charge in [-0.25, -0.2) is 13.8 Å². The van der Waals surface area contributed by atoms with E-state index in [2.05, 4.69) is 9.97 Å². The van der Waals surface area contributed by atoms with Crippen molar-refractivity contribution in [3.8, 4) is 0 Å². The Kier molecular flexibility index (Phi) is 3.36. The summed E-state index contributed by atoms with van der Waals surface area (Å²) in [5.41, 5.74) is 3.14. The molecule has 1 amide bonds. The van der Waals surface area contributed by atoms with Crippen molar-refractivity contribution in [2.45, 2.75) is 6.92 Å². The number of aryl methyl sites for hydroxylation is 1. The van der Waals surface area contributed by atoms with Crippen LogP contribution in [0.3, 0.4) is 0 Å². The Bertz CT molecular complexity index is 873. The second-order valence-corrected chi connectivity index (χ2v) is 5.05. The number of anilines is 1. The molecule has 4 nitrogen and oxygen atoms in total. The van der Waals surface area contributed by atoms with Gasteiger partial charge in [-0.15, -0.1) is 0 Å². The molecule has 1 heterocycles. The van der Waals surface area contributed by atoms with Crippen LogP contribution in [0.15, 0.2) is 36.7 Å². The highest BCUT2D eigenvalue weighted by Crippen LogP contribution is 2.22. The van der Waals surface area contributed by atoms with E-state index >= 15 is 0 Å². The molecule has 3 rings (SSSR count). The van der Waals surface area contributed by atoms with Crippen molar-refractivity contribution in [2.75, 3.05) is 11.9 Å². The third-order valence-corrected chi connectivity index (χ3v) is 3.56. The maximum Gasteiger partial charge on any atom is 0.258 e. The third-order valence-electron chi connectivity index (χ3n) is 3.56. The predicted octanol–water partition coefficient (Wildman–Crippen LogP) is 3.43. The normalized spacial score (nSPS) is 10.9. The number of benzene rings is 2. The van der Waals surface area contributed by atoms with Gasteiger partial charge in [0.25, 0.3) is 5.91 Å². The number of aromatic nitrogens is 2. The van der Waals surface area contributed by atoms with E-state index in [1.165, 1.54) is 18.0 Å². The molecule has 0 spiro atoms. The zero-order chi connectivity index (χ0) is 15.9. The lowest BCUT2D eigenvalue weighted by Gasteiger charge is -2.18. The number of nitrogens with one attached hydrogen (secondary N) is 1. The second kappa shape index (κ2) is 5.22. The molecule has 6 heteroatoms. The summed E-state index contributed by atoms with van der Waals surface area (Å²) < 4.78 is 26.3. The monoisotopic (exact) mass is 301 g/mol. The molecule has 0 saturated heterocycles. The van der Waals surface area contributed by atoms with Gasteiger partial charge in [0.1, 0.15) is 0 Å². The summed E-state index contributed by atoms with van der Waals surface area (Å²) in [6.07, 6.45) is 1.56. The van der Waals surface area contributed by atoms with Crippen molar-refractivity contribution in [1.29, 1.82) is 0 Å². The van der Waals surface area contributed by atoms with Gasteiger partial charge >= 0.3 is 0 Å². The Labute approximate surface area is 125 Å². The number of rotatable bonds is 2. The number of halogens is 2. The van der Waals surface area contributed by atoms with Crippen LogP contribution in [0.4, 0.5) is 14.5 Å². The number of aromatic amines is 1. The average molecular weight is 301 g/mol. The van der Waals surface area contributed by atoms with Crippen molar-refractivity contribution in [1.82, 2.24) is 9.97 Å². The van der Waals surface area contributed by atoms with Crippen molar-refractivity contribution >= 4 is 22.6 Å². The molecule has 0 bridgehead atoms. The van der Waals surface area contributed by atoms with Gasteiger partial charge in [0.2, 0.25) is 0 Å². The number of carbonyl (C=O) groups excluding carboxylic acids is 1. The quantitative estimate of drug-likeness (QED) is 0.788. The van der Waals surface area contributed by atoms with Crippen molar-refractivity contribution < 1.29 is 13.6 Å². The highest BCUT2D eigenvalue weighted by atomic mass is 19.2. The first-order valence-corrected chi connectivity index (χ1v) is 6.64. The van der Waals surface area contributed by atoms with Gasteiger partial charge in [-0.3, -0.25) is 4.79 Å². The Hall–Kier alpha value is -2.76. The van der Waals surface area contributed by atoms with Crippen LogP contribution in [-0.4, -0.2) is 22.9 Å². The van der Waals surface area contributed by atoms with Crippen molar-refractivity contribution in [3.63, 3.8) is 0 Å². The summed E-state index contributed by atoms with van der Waals surface area (Å²) in [7, 11) is 1.52. The van der Waals surface area contributed by atoms with Crippen molar-refractivity contribution in [2.24, 2.45) is 0 Å². The molecule has 0 aliphatic carbocycles. The number of hydrogen-bond donors (Lipinski definition) is 1. The van der Waals surface area contributed by atoms with Gasteiger partial charge in [0, 0.05) is 24.4 Å². The standard InChI is InChI=1S/C16H13F2N3O/c1-9-5-10(6-14-15(9)20-8-19-14)16(22)21(2)11-3-4-12(17)13(18)7-11/h3-8H,1-2H3,(H,19,20). The predicted molar refractivity (Wildman–Crippen MR) is 79.9 cm³/mol. The summed E-state index contributed by atoms with van der Waals surface area (Å²) >= 11 is 0. The van der Waals surface area contributed by atoms with Crippen LogP contribution in [0.5, 0.6) is 0 Å². The zero-order valence-corrected chi connectivity index (χ0v) is 12.0. The van der Waals surface area contributed by atoms with E-state index in [9.17, 15) is 13.6 Å². The maximum absolute atomic E-state index is 13.3. The molecule has 1 aromatic heterocycles. The Morgan fingerprint density at radius 2 is 1.95 bits per heavy atom. The number of nitrogens with zero attached hydrogens (tertiary/aromatic N) is 2. The molecule has 3 aromatic rings. The molecule has 0 aliphatic rings. The lowest BCUT2D eigenvalue weighted by molar-refractivity contribution is 0.0993. The molecule has 0 fully saturated rings. The van der Waals surface area contributed by atoms with Gasteiger partial charge in [0.15, 0.2) is 11.6 Å². The minimum absolute atomic E-state index is 0.284. The number of carbonyl (C=O) groups is 1. The molecule has 0 unspecified atom stereocenters.